The van der Waals surface area contributed by atoms with Gasteiger partial charge in [0.05, 0.1) is 0 Å². The Morgan fingerprint density at radius 1 is 1.15 bits per heavy atom. The van der Waals surface area contributed by atoms with Gasteiger partial charge in [0, 0.05) is 43.5 Å². The first-order valence-corrected chi connectivity index (χ1v) is 9.67. The van der Waals surface area contributed by atoms with Crippen molar-refractivity contribution in [1.29, 1.82) is 0 Å². The summed E-state index contributed by atoms with van der Waals surface area (Å²) in [5.41, 5.74) is 1.86. The van der Waals surface area contributed by atoms with E-state index in [9.17, 15) is 14.4 Å². The van der Waals surface area contributed by atoms with Crippen molar-refractivity contribution in [2.24, 2.45) is 5.92 Å². The fraction of sp³-hybridized carbons (Fsp3) is 0.571. The topological polar surface area (TPSA) is 73.5 Å². The smallest absolute Gasteiger partial charge is 0.261 e. The van der Waals surface area contributed by atoms with Crippen molar-refractivity contribution in [3.63, 3.8) is 0 Å². The van der Waals surface area contributed by atoms with Crippen molar-refractivity contribution in [3.05, 3.63) is 44.9 Å². The molecule has 6 nitrogen and oxygen atoms in total. The van der Waals surface area contributed by atoms with Gasteiger partial charge in [-0.1, -0.05) is 11.6 Å². The molecule has 27 heavy (non-hydrogen) atoms. The van der Waals surface area contributed by atoms with Gasteiger partial charge < -0.3 is 9.88 Å². The lowest BCUT2D eigenvalue weighted by Gasteiger charge is -2.35. The number of amides is 1. The van der Waals surface area contributed by atoms with E-state index in [4.69, 9.17) is 0 Å². The number of piperidine rings is 1. The monoisotopic (exact) mass is 371 g/mol. The van der Waals surface area contributed by atoms with E-state index in [0.29, 0.717) is 36.3 Å². The lowest BCUT2D eigenvalue weighted by molar-refractivity contribution is 0.0738. The number of fused-ring (bicyclic) bond motifs is 4. The van der Waals surface area contributed by atoms with E-state index in [1.165, 1.54) is 18.6 Å². The highest BCUT2D eigenvalue weighted by atomic mass is 16.2. The van der Waals surface area contributed by atoms with Crippen molar-refractivity contribution >= 4 is 11.7 Å². The molecule has 0 aromatic carbocycles. The summed E-state index contributed by atoms with van der Waals surface area (Å²) in [6.07, 6.45) is 4.42. The Morgan fingerprint density at radius 2 is 1.89 bits per heavy atom. The van der Waals surface area contributed by atoms with Crippen molar-refractivity contribution in [2.75, 3.05) is 26.2 Å². The van der Waals surface area contributed by atoms with Crippen LogP contribution < -0.4 is 5.56 Å². The fourth-order valence-electron chi connectivity index (χ4n) is 4.19. The summed E-state index contributed by atoms with van der Waals surface area (Å²) in [5, 5.41) is 0. The zero-order valence-corrected chi connectivity index (χ0v) is 16.7. The van der Waals surface area contributed by atoms with Gasteiger partial charge in [-0.2, -0.15) is 0 Å². The predicted molar refractivity (Wildman–Crippen MR) is 105 cm³/mol. The van der Waals surface area contributed by atoms with Crippen LogP contribution in [0.1, 0.15) is 60.0 Å². The van der Waals surface area contributed by atoms with Gasteiger partial charge in [-0.25, -0.2) is 0 Å². The Labute approximate surface area is 160 Å². The molecule has 1 amide bonds. The maximum absolute atomic E-state index is 13.1. The number of allylic oxidation sites excluding steroid dienone is 1. The van der Waals surface area contributed by atoms with Crippen LogP contribution in [-0.2, 0) is 0 Å². The number of pyridine rings is 1. The molecule has 0 spiro atoms. The number of nitrogens with one attached hydrogen (secondary N) is 1. The first-order chi connectivity index (χ1) is 12.8. The van der Waals surface area contributed by atoms with Gasteiger partial charge in [0.2, 0.25) is 0 Å². The molecule has 1 aromatic rings. The Morgan fingerprint density at radius 3 is 2.56 bits per heavy atom. The van der Waals surface area contributed by atoms with Gasteiger partial charge in [0.25, 0.3) is 11.5 Å². The highest BCUT2D eigenvalue weighted by molar-refractivity contribution is 6.00. The fourth-order valence-corrected chi connectivity index (χ4v) is 4.19. The number of aryl methyl sites for hydroxylation is 1. The largest absolute Gasteiger partial charge is 0.337 e. The Balaban J connectivity index is 1.84. The number of ketones is 1. The van der Waals surface area contributed by atoms with Gasteiger partial charge in [0.1, 0.15) is 5.56 Å². The van der Waals surface area contributed by atoms with E-state index < -0.39 is 5.56 Å². The van der Waals surface area contributed by atoms with Crippen LogP contribution in [0.15, 0.2) is 22.5 Å². The third-order valence-corrected chi connectivity index (χ3v) is 5.70. The summed E-state index contributed by atoms with van der Waals surface area (Å²) < 4.78 is 0. The minimum absolute atomic E-state index is 0.0722. The van der Waals surface area contributed by atoms with Gasteiger partial charge in [0.15, 0.2) is 5.78 Å². The molecule has 3 fully saturated rings. The highest BCUT2D eigenvalue weighted by Crippen LogP contribution is 2.28. The van der Waals surface area contributed by atoms with E-state index in [0.717, 1.165) is 25.9 Å². The zero-order chi connectivity index (χ0) is 19.7. The number of carbonyl (C=O) groups is 2. The predicted octanol–water partition coefficient (Wildman–Crippen LogP) is 2.39. The summed E-state index contributed by atoms with van der Waals surface area (Å²) in [6, 6.07) is 1.78. The molecule has 0 saturated carbocycles. The van der Waals surface area contributed by atoms with Gasteiger partial charge in [-0.15, -0.1) is 0 Å². The minimum atomic E-state index is -0.416. The van der Waals surface area contributed by atoms with Crippen LogP contribution in [0, 0.1) is 12.8 Å². The molecule has 3 aliphatic rings. The summed E-state index contributed by atoms with van der Waals surface area (Å²) in [7, 11) is 0. The lowest BCUT2D eigenvalue weighted by atomic mass is 9.95. The average Bonchev–Trinajstić information content (AvgIpc) is 2.91. The zero-order valence-electron chi connectivity index (χ0n) is 16.7. The number of H-pyrrole nitrogens is 1. The molecule has 0 radical (unpaired) electrons. The van der Waals surface area contributed by atoms with Crippen LogP contribution in [0.2, 0.25) is 0 Å². The third-order valence-electron chi connectivity index (χ3n) is 5.70. The van der Waals surface area contributed by atoms with Gasteiger partial charge in [-0.3, -0.25) is 19.3 Å². The maximum atomic E-state index is 13.1. The summed E-state index contributed by atoms with van der Waals surface area (Å²) in [6.45, 7) is 10.5. The first kappa shape index (κ1) is 19.5. The molecule has 4 rings (SSSR count). The Bertz CT molecular complexity index is 836. The molecular weight excluding hydrogens is 342 g/mol. The van der Waals surface area contributed by atoms with Crippen molar-refractivity contribution in [1.82, 2.24) is 14.8 Å². The normalized spacial score (nSPS) is 22.4. The quantitative estimate of drug-likeness (QED) is 0.651. The van der Waals surface area contributed by atoms with E-state index in [2.05, 4.69) is 29.8 Å². The number of aromatic nitrogens is 1. The Hall–Kier alpha value is -2.21. The molecule has 146 valence electrons. The van der Waals surface area contributed by atoms with Crippen LogP contribution >= 0.6 is 0 Å². The van der Waals surface area contributed by atoms with E-state index in [1.54, 1.807) is 6.92 Å². The molecule has 0 aliphatic carbocycles. The maximum Gasteiger partial charge on any atom is 0.261 e. The second-order valence-corrected chi connectivity index (χ2v) is 8.15. The number of nitrogens with zero attached hydrogens (tertiary/aromatic N) is 2. The number of carbonyl (C=O) groups excluding carboxylic acids is 2. The second-order valence-electron chi connectivity index (χ2n) is 8.15. The number of hydrogen-bond donors (Lipinski definition) is 1. The molecule has 0 unspecified atom stereocenters. The number of aromatic amines is 1. The summed E-state index contributed by atoms with van der Waals surface area (Å²) in [4.78, 5) is 44.2. The number of rotatable bonds is 4. The molecule has 6 heteroatoms. The summed E-state index contributed by atoms with van der Waals surface area (Å²) >= 11 is 0. The summed E-state index contributed by atoms with van der Waals surface area (Å²) in [5.74, 6) is 0.0106. The second kappa shape index (κ2) is 7.80. The van der Waals surface area contributed by atoms with Crippen molar-refractivity contribution in [2.45, 2.75) is 46.6 Å². The average molecular weight is 371 g/mol. The molecule has 1 aromatic heterocycles. The van der Waals surface area contributed by atoms with Gasteiger partial charge >= 0.3 is 0 Å². The minimum Gasteiger partial charge on any atom is -0.337 e. The molecule has 4 heterocycles. The molecule has 3 aliphatic heterocycles. The third kappa shape index (κ3) is 4.21. The SMILES string of the molecule is CC(=O)c1cc(C(=O)N2C[C@@H]3CC[C@H](C2)N(CC=C(C)C)C3)c(=O)[nH]c1C. The van der Waals surface area contributed by atoms with Crippen LogP contribution in [0.4, 0.5) is 0 Å². The van der Waals surface area contributed by atoms with Crippen LogP contribution in [-0.4, -0.2) is 58.7 Å². The van der Waals surface area contributed by atoms with Crippen LogP contribution in [0.5, 0.6) is 0 Å². The molecule has 3 saturated heterocycles. The van der Waals surface area contributed by atoms with Crippen molar-refractivity contribution < 1.29 is 9.59 Å². The van der Waals surface area contributed by atoms with E-state index in [-0.39, 0.29) is 17.3 Å². The highest BCUT2D eigenvalue weighted by Gasteiger charge is 2.36. The van der Waals surface area contributed by atoms with Crippen LogP contribution in [0.25, 0.3) is 0 Å². The molecule has 2 atom stereocenters. The van der Waals surface area contributed by atoms with Crippen molar-refractivity contribution in [3.8, 4) is 0 Å². The van der Waals surface area contributed by atoms with Gasteiger partial charge in [-0.05, 0) is 52.5 Å². The standard InChI is InChI=1S/C21H29N3O3/c1-13(2)7-8-23-10-16-5-6-17(23)12-24(11-16)21(27)19-9-18(15(4)25)14(3)22-20(19)26/h7,9,16-17H,5-6,8,10-12H2,1-4H3,(H,22,26)/t16-,17-/m1/s1. The van der Waals surface area contributed by atoms with E-state index in [1.807, 2.05) is 4.90 Å². The first-order valence-electron chi connectivity index (χ1n) is 9.67. The number of Topliss-reactive ketones (excluding diaryl/α,β-unsaturated/α-hetero) is 1. The molecular formula is C21H29N3O3. The molecule has 2 bridgehead atoms. The van der Waals surface area contributed by atoms with E-state index >= 15 is 0 Å². The Kier molecular flexibility index (Phi) is 5.65. The lowest BCUT2D eigenvalue weighted by Crippen LogP contribution is -2.44. The van der Waals surface area contributed by atoms with Crippen LogP contribution in [0.3, 0.4) is 0 Å². The molecule has 1 N–H and O–H groups in total. The number of hydrogen-bond acceptors (Lipinski definition) is 4.